The van der Waals surface area contributed by atoms with Gasteiger partial charge in [-0.25, -0.2) is 19.1 Å². The second-order valence-corrected chi connectivity index (χ2v) is 11.3. The van der Waals surface area contributed by atoms with E-state index in [1.807, 2.05) is 0 Å². The van der Waals surface area contributed by atoms with Gasteiger partial charge in [-0.15, -0.1) is 11.3 Å². The maximum absolute atomic E-state index is 13.5. The first-order chi connectivity index (χ1) is 20.5. The lowest BCUT2D eigenvalue weighted by molar-refractivity contribution is -0.146. The van der Waals surface area contributed by atoms with E-state index < -0.39 is 29.4 Å². The highest BCUT2D eigenvalue weighted by atomic mass is 32.1. The number of aryl methyl sites for hydroxylation is 3. The van der Waals surface area contributed by atoms with Crippen LogP contribution >= 0.6 is 11.3 Å². The first-order valence-corrected chi connectivity index (χ1v) is 14.3. The lowest BCUT2D eigenvalue weighted by atomic mass is 10.1. The van der Waals surface area contributed by atoms with Crippen LogP contribution in [-0.4, -0.2) is 58.2 Å². The van der Waals surface area contributed by atoms with Crippen molar-refractivity contribution in [3.63, 3.8) is 0 Å². The highest BCUT2D eigenvalue weighted by Gasteiger charge is 2.35. The zero-order chi connectivity index (χ0) is 31.3. The molecule has 43 heavy (non-hydrogen) atoms. The van der Waals surface area contributed by atoms with Gasteiger partial charge < -0.3 is 23.7 Å². The van der Waals surface area contributed by atoms with Gasteiger partial charge in [0.15, 0.2) is 0 Å². The molecular weight excluding hydrogens is 588 g/mol. The fourth-order valence-electron chi connectivity index (χ4n) is 4.74. The van der Waals surface area contributed by atoms with E-state index in [-0.39, 0.29) is 30.0 Å². The molecule has 14 heteroatoms. The number of hydrogen-bond donors (Lipinski definition) is 1. The van der Waals surface area contributed by atoms with Crippen LogP contribution in [0.5, 0.6) is 5.75 Å². The fourth-order valence-corrected chi connectivity index (χ4v) is 6.00. The third-order valence-corrected chi connectivity index (χ3v) is 8.52. The minimum Gasteiger partial charge on any atom is -0.480 e. The number of rotatable bonds is 9. The number of oxazole rings is 1. The molecule has 0 bridgehead atoms. The lowest BCUT2D eigenvalue weighted by Gasteiger charge is -2.23. The highest BCUT2D eigenvalue weighted by molar-refractivity contribution is 7.22. The van der Waals surface area contributed by atoms with Crippen molar-refractivity contribution in [1.29, 1.82) is 0 Å². The summed E-state index contributed by atoms with van der Waals surface area (Å²) < 4.78 is 47.9. The number of aliphatic carboxylic acids is 1. The van der Waals surface area contributed by atoms with Crippen molar-refractivity contribution < 1.29 is 37.3 Å². The van der Waals surface area contributed by atoms with Crippen LogP contribution in [0.1, 0.15) is 37.8 Å². The van der Waals surface area contributed by atoms with Crippen molar-refractivity contribution in [3.8, 4) is 16.5 Å². The Labute approximate surface area is 249 Å². The summed E-state index contributed by atoms with van der Waals surface area (Å²) in [5.41, 5.74) is -2.52. The summed E-state index contributed by atoms with van der Waals surface area (Å²) in [7, 11) is 1.76. The molecule has 5 rings (SSSR count). The van der Waals surface area contributed by atoms with E-state index in [0.717, 1.165) is 37.4 Å². The Morgan fingerprint density at radius 1 is 1.23 bits per heavy atom. The minimum atomic E-state index is -3.02. The predicted octanol–water partition coefficient (Wildman–Crippen LogP) is 4.66. The average molecular weight is 622 g/mol. The Bertz CT molecular complexity index is 1670. The Hall–Kier alpha value is -3.88. The maximum Gasteiger partial charge on any atom is 0.387 e. The molecule has 4 aromatic rings. The standard InChI is InChI=1S/C23H21F2N3O6S.C6H12O2/c1-12-15-18(29)28(23(2,3)20(30)31)22(32)27(19(15)35-16(12)17-26-9-11-33-17)10-8-13-6-4-5-7-14(13)34-21(24)25;1-7-6-2-4-8-5-3-6/h4-7,9,11,21H,8,10H2,1-3H3,(H,30,31);6H,2-5H2,1H3. The van der Waals surface area contributed by atoms with Crippen LogP contribution in [0.3, 0.4) is 0 Å². The molecular formula is C29H33F2N3O8S. The summed E-state index contributed by atoms with van der Waals surface area (Å²) in [6, 6.07) is 6.18. The number of methoxy groups -OCH3 is 1. The van der Waals surface area contributed by atoms with Gasteiger partial charge in [0.2, 0.25) is 5.89 Å². The Morgan fingerprint density at radius 3 is 2.51 bits per heavy atom. The number of nitrogens with zero attached hydrogens (tertiary/aromatic N) is 3. The number of carbonyl (C=O) groups is 1. The molecule has 0 saturated carbocycles. The molecule has 232 valence electrons. The van der Waals surface area contributed by atoms with Crippen molar-refractivity contribution in [2.45, 2.75) is 64.8 Å². The van der Waals surface area contributed by atoms with Crippen molar-refractivity contribution in [3.05, 3.63) is 68.7 Å². The molecule has 0 unspecified atom stereocenters. The minimum absolute atomic E-state index is 0.0279. The molecule has 1 aliphatic rings. The molecule has 1 aromatic carbocycles. The van der Waals surface area contributed by atoms with Crippen molar-refractivity contribution >= 4 is 27.5 Å². The summed E-state index contributed by atoms with van der Waals surface area (Å²) in [6.07, 6.45) is 5.52. The smallest absolute Gasteiger partial charge is 0.387 e. The van der Waals surface area contributed by atoms with E-state index in [1.165, 1.54) is 36.9 Å². The van der Waals surface area contributed by atoms with Gasteiger partial charge in [-0.05, 0) is 57.2 Å². The predicted molar refractivity (Wildman–Crippen MR) is 155 cm³/mol. The molecule has 11 nitrogen and oxygen atoms in total. The van der Waals surface area contributed by atoms with E-state index in [0.29, 0.717) is 31.5 Å². The molecule has 0 atom stereocenters. The van der Waals surface area contributed by atoms with Crippen LogP contribution in [0, 0.1) is 6.92 Å². The molecule has 0 amide bonds. The Kier molecular flexibility index (Phi) is 10.1. The monoisotopic (exact) mass is 621 g/mol. The van der Waals surface area contributed by atoms with Crippen molar-refractivity contribution in [1.82, 2.24) is 14.1 Å². The van der Waals surface area contributed by atoms with Crippen molar-refractivity contribution in [2.24, 2.45) is 0 Å². The van der Waals surface area contributed by atoms with Gasteiger partial charge in [0.1, 0.15) is 22.4 Å². The average Bonchev–Trinajstić information content (AvgIpc) is 3.62. The number of ether oxygens (including phenoxy) is 3. The van der Waals surface area contributed by atoms with Crippen LogP contribution < -0.4 is 16.0 Å². The number of para-hydroxylation sites is 1. The molecule has 0 spiro atoms. The van der Waals surface area contributed by atoms with E-state index in [2.05, 4.69) is 9.72 Å². The van der Waals surface area contributed by atoms with Gasteiger partial charge in [-0.1, -0.05) is 18.2 Å². The van der Waals surface area contributed by atoms with Crippen LogP contribution in [0.2, 0.25) is 0 Å². The topological polar surface area (TPSA) is 135 Å². The van der Waals surface area contributed by atoms with E-state index in [1.54, 1.807) is 32.2 Å². The van der Waals surface area contributed by atoms with E-state index >= 15 is 0 Å². The van der Waals surface area contributed by atoms with Crippen LogP contribution in [0.4, 0.5) is 8.78 Å². The fraction of sp³-hybridized carbons (Fsp3) is 0.448. The van der Waals surface area contributed by atoms with Gasteiger partial charge >= 0.3 is 18.3 Å². The van der Waals surface area contributed by atoms with Gasteiger partial charge in [-0.3, -0.25) is 9.36 Å². The van der Waals surface area contributed by atoms with Crippen LogP contribution in [0.25, 0.3) is 21.0 Å². The number of halogens is 2. The molecule has 4 heterocycles. The number of carboxylic acid groups (broad SMARTS) is 1. The Balaban J connectivity index is 0.000000458. The zero-order valence-electron chi connectivity index (χ0n) is 24.2. The van der Waals surface area contributed by atoms with Crippen LogP contribution in [-0.2, 0) is 32.8 Å². The molecule has 1 fully saturated rings. The number of thiophene rings is 1. The third kappa shape index (κ3) is 6.86. The van der Waals surface area contributed by atoms with Crippen LogP contribution in [0.15, 0.2) is 50.7 Å². The molecule has 1 aliphatic heterocycles. The summed E-state index contributed by atoms with van der Waals surface area (Å²) in [4.78, 5) is 43.9. The Morgan fingerprint density at radius 2 is 1.93 bits per heavy atom. The molecule has 1 saturated heterocycles. The quantitative estimate of drug-likeness (QED) is 0.283. The first-order valence-electron chi connectivity index (χ1n) is 13.5. The summed E-state index contributed by atoms with van der Waals surface area (Å²) in [5.74, 6) is -1.14. The molecule has 0 aliphatic carbocycles. The second kappa shape index (κ2) is 13.6. The SMILES string of the molecule is COC1CCOCC1.Cc1c(-c2ncco2)sc2c1c(=O)n(C(C)(C)C(=O)O)c(=O)n2CCc1ccccc1OC(F)F. The van der Waals surface area contributed by atoms with Gasteiger partial charge in [-0.2, -0.15) is 8.78 Å². The normalized spacial score (nSPS) is 14.1. The van der Waals surface area contributed by atoms with Crippen molar-refractivity contribution in [2.75, 3.05) is 20.3 Å². The largest absolute Gasteiger partial charge is 0.480 e. The summed E-state index contributed by atoms with van der Waals surface area (Å²) >= 11 is 1.11. The molecule has 0 radical (unpaired) electrons. The highest BCUT2D eigenvalue weighted by Crippen LogP contribution is 2.36. The number of benzene rings is 1. The number of fused-ring (bicyclic) bond motifs is 1. The number of alkyl halides is 2. The number of hydrogen-bond acceptors (Lipinski definition) is 9. The second-order valence-electron chi connectivity index (χ2n) is 10.3. The zero-order valence-corrected chi connectivity index (χ0v) is 25.0. The third-order valence-electron chi connectivity index (χ3n) is 7.22. The van der Waals surface area contributed by atoms with Gasteiger partial charge in [0.25, 0.3) is 5.56 Å². The van der Waals surface area contributed by atoms with E-state index in [9.17, 15) is 28.3 Å². The van der Waals surface area contributed by atoms with Gasteiger partial charge in [0.05, 0.1) is 22.6 Å². The van der Waals surface area contributed by atoms with E-state index in [4.69, 9.17) is 13.9 Å². The number of carboxylic acids is 1. The summed E-state index contributed by atoms with van der Waals surface area (Å²) in [5, 5.41) is 9.90. The maximum atomic E-state index is 13.5. The van der Waals surface area contributed by atoms with Gasteiger partial charge in [0, 0.05) is 26.9 Å². The lowest BCUT2D eigenvalue weighted by Crippen LogP contribution is -2.52. The number of aromatic nitrogens is 3. The first kappa shape index (κ1) is 32.0. The molecule has 3 aromatic heterocycles. The molecule has 1 N–H and O–H groups in total. The summed E-state index contributed by atoms with van der Waals surface area (Å²) in [6.45, 7) is 2.88.